The number of nitrogens with two attached hydrogens (primary N) is 1. The van der Waals surface area contributed by atoms with Crippen LogP contribution in [0.3, 0.4) is 0 Å². The van der Waals surface area contributed by atoms with Crippen LogP contribution in [0.1, 0.15) is 30.7 Å². The molecule has 0 fully saturated rings. The Morgan fingerprint density at radius 3 is 3.00 bits per heavy atom. The van der Waals surface area contributed by atoms with E-state index in [4.69, 9.17) is 5.73 Å². The molecular formula is C16H15N3O. The van der Waals surface area contributed by atoms with Gasteiger partial charge in [0.15, 0.2) is 5.78 Å². The van der Waals surface area contributed by atoms with Crippen molar-refractivity contribution in [3.8, 4) is 6.07 Å². The number of carbonyl (C=O) groups excluding carboxylic acids is 1. The smallest absolute Gasteiger partial charge is 0.187 e. The fourth-order valence-electron chi connectivity index (χ4n) is 3.23. The van der Waals surface area contributed by atoms with Crippen LogP contribution in [0.4, 0.5) is 0 Å². The second-order valence-electron chi connectivity index (χ2n) is 5.23. The molecule has 0 radical (unpaired) electrons. The molecule has 4 nitrogen and oxygen atoms in total. The van der Waals surface area contributed by atoms with Crippen LogP contribution < -0.4 is 5.73 Å². The van der Waals surface area contributed by atoms with Crippen LogP contribution in [0.15, 0.2) is 47.4 Å². The molecule has 2 N–H and O–H groups in total. The molecule has 0 bridgehead atoms. The Morgan fingerprint density at radius 1 is 1.45 bits per heavy atom. The first-order chi connectivity index (χ1) is 9.74. The summed E-state index contributed by atoms with van der Waals surface area (Å²) in [5.74, 6) is -0.381. The summed E-state index contributed by atoms with van der Waals surface area (Å²) in [4.78, 5) is 16.7. The number of Topliss-reactive ketones (excluding diaryl/α,β-unsaturated/α-hetero) is 1. The normalized spacial score (nSPS) is 25.8. The highest BCUT2D eigenvalue weighted by molar-refractivity contribution is 6.03. The Labute approximate surface area is 117 Å². The number of aromatic nitrogens is 1. The molecule has 1 aromatic rings. The number of pyridine rings is 1. The van der Waals surface area contributed by atoms with Gasteiger partial charge in [-0.2, -0.15) is 5.26 Å². The molecule has 2 unspecified atom stereocenters. The van der Waals surface area contributed by atoms with Crippen molar-refractivity contribution in [3.63, 3.8) is 0 Å². The van der Waals surface area contributed by atoms with Crippen LogP contribution >= 0.6 is 0 Å². The van der Waals surface area contributed by atoms with Crippen molar-refractivity contribution >= 4 is 5.78 Å². The highest BCUT2D eigenvalue weighted by Crippen LogP contribution is 2.45. The van der Waals surface area contributed by atoms with Gasteiger partial charge in [-0.15, -0.1) is 0 Å². The van der Waals surface area contributed by atoms with Crippen molar-refractivity contribution in [2.24, 2.45) is 11.7 Å². The minimum absolute atomic E-state index is 0.0578. The Morgan fingerprint density at radius 2 is 2.30 bits per heavy atom. The first-order valence-corrected chi connectivity index (χ1v) is 6.78. The average Bonchev–Trinajstić information content (AvgIpc) is 2.50. The van der Waals surface area contributed by atoms with E-state index in [9.17, 15) is 10.1 Å². The van der Waals surface area contributed by atoms with Crippen molar-refractivity contribution in [2.75, 3.05) is 0 Å². The maximum Gasteiger partial charge on any atom is 0.187 e. The average molecular weight is 265 g/mol. The summed E-state index contributed by atoms with van der Waals surface area (Å²) < 4.78 is 0. The monoisotopic (exact) mass is 265 g/mol. The molecule has 4 heteroatoms. The predicted molar refractivity (Wildman–Crippen MR) is 74.2 cm³/mol. The number of carbonyl (C=O) groups is 1. The van der Waals surface area contributed by atoms with Gasteiger partial charge >= 0.3 is 0 Å². The molecule has 0 saturated carbocycles. The number of fused-ring (bicyclic) bond motifs is 1. The molecule has 2 aliphatic carbocycles. The highest BCUT2D eigenvalue weighted by atomic mass is 16.1. The van der Waals surface area contributed by atoms with Crippen LogP contribution in [0, 0.1) is 17.2 Å². The van der Waals surface area contributed by atoms with Crippen molar-refractivity contribution in [1.29, 1.82) is 5.26 Å². The molecule has 1 aromatic heterocycles. The molecule has 2 atom stereocenters. The van der Waals surface area contributed by atoms with Crippen LogP contribution in [-0.2, 0) is 4.79 Å². The fraction of sp³-hybridized carbons (Fsp3) is 0.312. The first-order valence-electron chi connectivity index (χ1n) is 6.78. The maximum atomic E-state index is 12.6. The minimum atomic E-state index is -0.299. The number of hydrogen-bond acceptors (Lipinski definition) is 4. The van der Waals surface area contributed by atoms with Gasteiger partial charge in [0.1, 0.15) is 6.07 Å². The van der Waals surface area contributed by atoms with Crippen molar-refractivity contribution in [1.82, 2.24) is 4.98 Å². The molecule has 100 valence electrons. The minimum Gasteiger partial charge on any atom is -0.395 e. The lowest BCUT2D eigenvalue weighted by Crippen LogP contribution is -2.35. The Balaban J connectivity index is 2.16. The van der Waals surface area contributed by atoms with E-state index < -0.39 is 0 Å². The van der Waals surface area contributed by atoms with Crippen molar-refractivity contribution < 1.29 is 4.79 Å². The zero-order valence-electron chi connectivity index (χ0n) is 11.0. The summed E-state index contributed by atoms with van der Waals surface area (Å²) in [6, 6.07) is 5.84. The van der Waals surface area contributed by atoms with E-state index in [0.29, 0.717) is 5.57 Å². The van der Waals surface area contributed by atoms with Gasteiger partial charge in [0.2, 0.25) is 0 Å². The molecule has 3 rings (SSSR count). The third-order valence-electron chi connectivity index (χ3n) is 4.15. The Hall–Kier alpha value is -2.41. The van der Waals surface area contributed by atoms with Gasteiger partial charge in [-0.3, -0.25) is 9.78 Å². The topological polar surface area (TPSA) is 79.8 Å². The van der Waals surface area contributed by atoms with E-state index in [2.05, 4.69) is 17.1 Å². The largest absolute Gasteiger partial charge is 0.395 e. The predicted octanol–water partition coefficient (Wildman–Crippen LogP) is 2.21. The van der Waals surface area contributed by atoms with Crippen LogP contribution in [-0.4, -0.2) is 10.8 Å². The molecule has 2 aliphatic rings. The van der Waals surface area contributed by atoms with Gasteiger partial charge < -0.3 is 5.73 Å². The van der Waals surface area contributed by atoms with Gasteiger partial charge in [0.05, 0.1) is 17.2 Å². The number of nitrogens with zero attached hydrogens (tertiary/aromatic N) is 2. The van der Waals surface area contributed by atoms with Crippen LogP contribution in [0.25, 0.3) is 0 Å². The van der Waals surface area contributed by atoms with Gasteiger partial charge in [0.25, 0.3) is 0 Å². The summed E-state index contributed by atoms with van der Waals surface area (Å²) in [5, 5.41) is 9.28. The Bertz CT molecular complexity index is 652. The van der Waals surface area contributed by atoms with E-state index >= 15 is 0 Å². The lowest BCUT2D eigenvalue weighted by molar-refractivity contribution is -0.118. The molecule has 0 spiro atoms. The molecule has 20 heavy (non-hydrogen) atoms. The number of ketones is 1. The standard InChI is InChI=1S/C16H15N3O/c17-8-13-11-5-1-2-6-12(11)14(16(20)15(13)18)10-4-3-7-19-9-10/h3-5,7,9,12,14H,1-2,6,18H2. The van der Waals surface area contributed by atoms with Crippen LogP contribution in [0.2, 0.25) is 0 Å². The number of nitriles is 1. The molecule has 0 saturated heterocycles. The summed E-state index contributed by atoms with van der Waals surface area (Å²) in [7, 11) is 0. The molecular weight excluding hydrogens is 250 g/mol. The lowest BCUT2D eigenvalue weighted by Gasteiger charge is -2.35. The van der Waals surface area contributed by atoms with E-state index in [1.54, 1.807) is 12.4 Å². The second-order valence-corrected chi connectivity index (χ2v) is 5.23. The third-order valence-corrected chi connectivity index (χ3v) is 4.15. The van der Waals surface area contributed by atoms with Crippen molar-refractivity contribution in [3.05, 3.63) is 53.0 Å². The first kappa shape index (κ1) is 12.6. The maximum absolute atomic E-state index is 12.6. The Kier molecular flexibility index (Phi) is 3.11. The van der Waals surface area contributed by atoms with E-state index in [0.717, 1.165) is 30.4 Å². The number of allylic oxidation sites excluding steroid dienone is 4. The number of hydrogen-bond donors (Lipinski definition) is 1. The van der Waals surface area contributed by atoms with Crippen LogP contribution in [0.5, 0.6) is 0 Å². The quantitative estimate of drug-likeness (QED) is 0.844. The lowest BCUT2D eigenvalue weighted by atomic mass is 9.67. The zero-order valence-corrected chi connectivity index (χ0v) is 11.0. The number of rotatable bonds is 1. The summed E-state index contributed by atoms with van der Waals surface area (Å²) in [6.07, 6.45) is 8.37. The van der Waals surface area contributed by atoms with Gasteiger partial charge in [-0.25, -0.2) is 0 Å². The molecule has 0 amide bonds. The third kappa shape index (κ3) is 1.83. The molecule has 0 aliphatic heterocycles. The summed E-state index contributed by atoms with van der Waals surface area (Å²) in [6.45, 7) is 0. The van der Waals surface area contributed by atoms with E-state index in [1.807, 2.05) is 12.1 Å². The summed E-state index contributed by atoms with van der Waals surface area (Å²) in [5.41, 5.74) is 8.22. The SMILES string of the molecule is N#CC1=C(N)C(=O)C(c2cccnc2)C2CCCC=C12. The second kappa shape index (κ2) is 4.93. The van der Waals surface area contributed by atoms with Gasteiger partial charge in [0, 0.05) is 12.4 Å². The van der Waals surface area contributed by atoms with E-state index in [1.165, 1.54) is 0 Å². The van der Waals surface area contributed by atoms with Gasteiger partial charge in [-0.05, 0) is 42.4 Å². The molecule has 1 heterocycles. The fourth-order valence-corrected chi connectivity index (χ4v) is 3.23. The van der Waals surface area contributed by atoms with Crippen molar-refractivity contribution in [2.45, 2.75) is 25.2 Å². The van der Waals surface area contributed by atoms with Gasteiger partial charge in [-0.1, -0.05) is 12.1 Å². The van der Waals surface area contributed by atoms with E-state index in [-0.39, 0.29) is 23.3 Å². The highest BCUT2D eigenvalue weighted by Gasteiger charge is 2.41. The summed E-state index contributed by atoms with van der Waals surface area (Å²) >= 11 is 0. The zero-order chi connectivity index (χ0) is 14.1. The molecule has 0 aromatic carbocycles.